The fraction of sp³-hybridized carbons (Fsp3) is 0.0286. The van der Waals surface area contributed by atoms with E-state index in [2.05, 4.69) is 4.99 Å². The van der Waals surface area contributed by atoms with Gasteiger partial charge in [0.05, 0.1) is 5.71 Å². The van der Waals surface area contributed by atoms with Gasteiger partial charge in [-0.25, -0.2) is 4.79 Å². The van der Waals surface area contributed by atoms with Gasteiger partial charge in [-0.15, -0.1) is 0 Å². The van der Waals surface area contributed by atoms with Crippen LogP contribution in [0.25, 0.3) is 32.7 Å². The van der Waals surface area contributed by atoms with E-state index >= 15 is 0 Å². The van der Waals surface area contributed by atoms with Crippen LogP contribution in [0.3, 0.4) is 0 Å². The Morgan fingerprint density at radius 2 is 1.10 bits per heavy atom. The number of ether oxygens (including phenoxy) is 1. The van der Waals surface area contributed by atoms with Crippen molar-refractivity contribution in [1.82, 2.24) is 0 Å². The van der Waals surface area contributed by atoms with Crippen molar-refractivity contribution in [2.24, 2.45) is 4.99 Å². The second-order valence-corrected chi connectivity index (χ2v) is 9.21. The Hall–Kier alpha value is -5.22. The molecule has 0 aliphatic rings. The zero-order valence-electron chi connectivity index (χ0n) is 21.1. The Labute approximate surface area is 226 Å². The summed E-state index contributed by atoms with van der Waals surface area (Å²) in [6.45, 7) is -0.160. The predicted molar refractivity (Wildman–Crippen MR) is 158 cm³/mol. The number of aromatic hydroxyl groups is 1. The first-order valence-corrected chi connectivity index (χ1v) is 12.8. The molecule has 0 unspecified atom stereocenters. The molecule has 39 heavy (non-hydrogen) atoms. The summed E-state index contributed by atoms with van der Waals surface area (Å²) in [4.78, 5) is 17.9. The normalized spacial score (nSPS) is 10.9. The number of hydrogen-bond donors (Lipinski definition) is 1. The molecule has 0 radical (unpaired) electrons. The van der Waals surface area contributed by atoms with Crippen LogP contribution in [0.15, 0.2) is 138 Å². The van der Waals surface area contributed by atoms with Crippen LogP contribution in [0.1, 0.15) is 11.1 Å². The topological polar surface area (TPSA) is 58.9 Å². The molecule has 188 valence electrons. The number of phenolic OH excluding ortho intramolecular Hbond substituents is 1. The lowest BCUT2D eigenvalue weighted by molar-refractivity contribution is -0.132. The molecular weight excluding hydrogens is 482 g/mol. The third-order valence-corrected chi connectivity index (χ3v) is 6.73. The zero-order chi connectivity index (χ0) is 26.6. The molecule has 4 nitrogen and oxygen atoms in total. The van der Waals surface area contributed by atoms with Gasteiger partial charge in [-0.3, -0.25) is 4.99 Å². The van der Waals surface area contributed by atoms with Gasteiger partial charge in [0.15, 0.2) is 0 Å². The minimum absolute atomic E-state index is 0.121. The molecule has 0 atom stereocenters. The first kappa shape index (κ1) is 24.1. The van der Waals surface area contributed by atoms with Crippen LogP contribution >= 0.6 is 0 Å². The predicted octanol–water partition coefficient (Wildman–Crippen LogP) is 7.81. The van der Waals surface area contributed by atoms with Gasteiger partial charge in [0.1, 0.15) is 18.0 Å². The number of carbonyl (C=O) groups is 1. The van der Waals surface area contributed by atoms with E-state index < -0.39 is 5.97 Å². The Morgan fingerprint density at radius 1 is 0.590 bits per heavy atom. The van der Waals surface area contributed by atoms with Crippen LogP contribution < -0.4 is 4.74 Å². The lowest BCUT2D eigenvalue weighted by Crippen LogP contribution is -2.15. The van der Waals surface area contributed by atoms with Crippen LogP contribution in [0.5, 0.6) is 11.5 Å². The Bertz CT molecular complexity index is 1780. The fourth-order valence-electron chi connectivity index (χ4n) is 4.96. The number of benzene rings is 6. The molecule has 0 amide bonds. The summed E-state index contributed by atoms with van der Waals surface area (Å²) < 4.78 is 5.98. The van der Waals surface area contributed by atoms with E-state index in [1.807, 2.05) is 121 Å². The van der Waals surface area contributed by atoms with Crippen molar-refractivity contribution < 1.29 is 14.6 Å². The van der Waals surface area contributed by atoms with Crippen molar-refractivity contribution in [2.75, 3.05) is 6.54 Å². The van der Waals surface area contributed by atoms with Crippen LogP contribution in [0, 0.1) is 0 Å². The monoisotopic (exact) mass is 507 g/mol. The lowest BCUT2D eigenvalue weighted by Gasteiger charge is -2.16. The molecule has 6 aromatic rings. The van der Waals surface area contributed by atoms with Crippen molar-refractivity contribution in [1.29, 1.82) is 0 Å². The second kappa shape index (κ2) is 10.6. The quantitative estimate of drug-likeness (QED) is 0.142. The summed E-state index contributed by atoms with van der Waals surface area (Å²) in [5.74, 6) is 0.00737. The maximum atomic E-state index is 13.3. The minimum Gasteiger partial charge on any atom is -0.507 e. The molecule has 0 heterocycles. The second-order valence-electron chi connectivity index (χ2n) is 9.21. The molecule has 6 rings (SSSR count). The number of carbonyl (C=O) groups excluding carboxylic acids is 1. The van der Waals surface area contributed by atoms with Crippen molar-refractivity contribution in [3.8, 4) is 22.6 Å². The van der Waals surface area contributed by atoms with Gasteiger partial charge in [0, 0.05) is 22.3 Å². The highest BCUT2D eigenvalue weighted by Gasteiger charge is 2.20. The van der Waals surface area contributed by atoms with E-state index in [4.69, 9.17) is 4.74 Å². The highest BCUT2D eigenvalue weighted by atomic mass is 16.5. The average Bonchev–Trinajstić information content (AvgIpc) is 2.99. The van der Waals surface area contributed by atoms with Crippen LogP contribution in [0.2, 0.25) is 0 Å². The summed E-state index contributed by atoms with van der Waals surface area (Å²) in [6, 6.07) is 42.6. The molecule has 0 aliphatic heterocycles. The maximum absolute atomic E-state index is 13.3. The van der Waals surface area contributed by atoms with E-state index in [0.29, 0.717) is 16.9 Å². The standard InChI is InChI=1S/C35H25NO3/c37-30-21-19-24-11-7-9-17-28(24)33(30)34-29-18-10-8-12-25(29)20-22-31(34)39-32(38)23-36-35(26-13-3-1-4-14-26)27-15-5-2-6-16-27/h1-22,37H,23H2. The van der Waals surface area contributed by atoms with Crippen LogP contribution in [-0.2, 0) is 4.79 Å². The summed E-state index contributed by atoms with van der Waals surface area (Å²) in [5.41, 5.74) is 3.86. The molecule has 0 bridgehead atoms. The SMILES string of the molecule is O=C(CN=C(c1ccccc1)c1ccccc1)Oc1ccc2ccccc2c1-c1c(O)ccc2ccccc12. The zero-order valence-corrected chi connectivity index (χ0v) is 21.1. The smallest absolute Gasteiger partial charge is 0.333 e. The molecule has 4 heteroatoms. The van der Waals surface area contributed by atoms with Crippen molar-refractivity contribution in [3.63, 3.8) is 0 Å². The summed E-state index contributed by atoms with van der Waals surface area (Å²) >= 11 is 0. The first-order chi connectivity index (χ1) is 19.2. The molecular formula is C35H25NO3. The Morgan fingerprint density at radius 3 is 1.72 bits per heavy atom. The molecule has 0 aromatic heterocycles. The van der Waals surface area contributed by atoms with Gasteiger partial charge >= 0.3 is 5.97 Å². The summed E-state index contributed by atoms with van der Waals surface area (Å²) in [7, 11) is 0. The van der Waals surface area contributed by atoms with Crippen molar-refractivity contribution in [2.45, 2.75) is 0 Å². The minimum atomic E-state index is -0.490. The Balaban J connectivity index is 1.42. The maximum Gasteiger partial charge on any atom is 0.333 e. The molecule has 6 aromatic carbocycles. The lowest BCUT2D eigenvalue weighted by atomic mass is 9.92. The highest BCUT2D eigenvalue weighted by Crippen LogP contribution is 2.45. The average molecular weight is 508 g/mol. The van der Waals surface area contributed by atoms with E-state index in [0.717, 1.165) is 38.4 Å². The number of esters is 1. The van der Waals surface area contributed by atoms with Gasteiger partial charge in [-0.2, -0.15) is 0 Å². The molecule has 0 fully saturated rings. The number of nitrogens with zero attached hydrogens (tertiary/aromatic N) is 1. The number of fused-ring (bicyclic) bond motifs is 2. The number of phenols is 1. The van der Waals surface area contributed by atoms with E-state index in [1.54, 1.807) is 12.1 Å². The first-order valence-electron chi connectivity index (χ1n) is 12.8. The van der Waals surface area contributed by atoms with Gasteiger partial charge in [0.2, 0.25) is 0 Å². The molecule has 1 N–H and O–H groups in total. The summed E-state index contributed by atoms with van der Waals surface area (Å²) in [5, 5.41) is 14.8. The molecule has 0 spiro atoms. The van der Waals surface area contributed by atoms with E-state index in [1.165, 1.54) is 0 Å². The number of rotatable bonds is 6. The van der Waals surface area contributed by atoms with Crippen molar-refractivity contribution >= 4 is 33.2 Å². The van der Waals surface area contributed by atoms with Gasteiger partial charge in [-0.05, 0) is 33.7 Å². The third kappa shape index (κ3) is 4.88. The van der Waals surface area contributed by atoms with Crippen LogP contribution in [-0.4, -0.2) is 23.3 Å². The van der Waals surface area contributed by atoms with E-state index in [9.17, 15) is 9.90 Å². The van der Waals surface area contributed by atoms with Gasteiger partial charge in [-0.1, -0.05) is 121 Å². The third-order valence-electron chi connectivity index (χ3n) is 6.73. The number of aliphatic imine (C=N–C) groups is 1. The van der Waals surface area contributed by atoms with Crippen LogP contribution in [0.4, 0.5) is 0 Å². The molecule has 0 saturated heterocycles. The fourth-order valence-corrected chi connectivity index (χ4v) is 4.96. The highest BCUT2D eigenvalue weighted by molar-refractivity contribution is 6.13. The molecule has 0 aliphatic carbocycles. The van der Waals surface area contributed by atoms with Crippen molar-refractivity contribution in [3.05, 3.63) is 145 Å². The van der Waals surface area contributed by atoms with Gasteiger partial charge in [0.25, 0.3) is 0 Å². The molecule has 0 saturated carbocycles. The largest absolute Gasteiger partial charge is 0.507 e. The van der Waals surface area contributed by atoms with Gasteiger partial charge < -0.3 is 9.84 Å². The Kier molecular flexibility index (Phi) is 6.59. The number of hydrogen-bond acceptors (Lipinski definition) is 4. The van der Waals surface area contributed by atoms with E-state index in [-0.39, 0.29) is 12.3 Å². The summed E-state index contributed by atoms with van der Waals surface area (Å²) in [6.07, 6.45) is 0.